The first kappa shape index (κ1) is 15.4. The van der Waals surface area contributed by atoms with Crippen molar-refractivity contribution in [2.45, 2.75) is 12.2 Å². The van der Waals surface area contributed by atoms with Crippen LogP contribution in [-0.4, -0.2) is 11.9 Å². The van der Waals surface area contributed by atoms with Crippen molar-refractivity contribution in [3.8, 4) is 22.3 Å². The van der Waals surface area contributed by atoms with Crippen molar-refractivity contribution >= 4 is 23.7 Å². The Labute approximate surface area is 163 Å². The van der Waals surface area contributed by atoms with Crippen molar-refractivity contribution in [1.82, 2.24) is 0 Å². The predicted molar refractivity (Wildman–Crippen MR) is 114 cm³/mol. The maximum absolute atomic E-state index is 10.3. The molecule has 3 heteroatoms. The lowest BCUT2D eigenvalue weighted by Gasteiger charge is -2.29. The largest absolute Gasteiger partial charge is 0.447 e. The summed E-state index contributed by atoms with van der Waals surface area (Å²) in [5.74, 6) is 0. The van der Waals surface area contributed by atoms with Gasteiger partial charge in [-0.05, 0) is 55.9 Å². The van der Waals surface area contributed by atoms with Crippen LogP contribution in [-0.2, 0) is 5.41 Å². The topological polar surface area (TPSA) is 20.2 Å². The monoisotopic (exact) mass is 364 g/mol. The second-order valence-electron chi connectivity index (χ2n) is 7.49. The van der Waals surface area contributed by atoms with Crippen LogP contribution in [0.15, 0.2) is 78.2 Å². The molecule has 0 radical (unpaired) electrons. The molecule has 2 aliphatic rings. The number of rotatable bonds is 1. The minimum Gasteiger partial charge on any atom is -0.447 e. The molecule has 0 fully saturated rings. The lowest BCUT2D eigenvalue weighted by molar-refractivity contribution is 0.594. The Balaban J connectivity index is 1.82. The van der Waals surface area contributed by atoms with E-state index in [1.807, 2.05) is 18.2 Å². The highest BCUT2D eigenvalue weighted by molar-refractivity contribution is 7.11. The average molecular weight is 364 g/mol. The lowest BCUT2D eigenvalue weighted by atomic mass is 9.62. The average Bonchev–Trinajstić information content (AvgIpc) is 3.36. The summed E-state index contributed by atoms with van der Waals surface area (Å²) in [5, 5.41) is 12.5. The van der Waals surface area contributed by atoms with E-state index in [-0.39, 0.29) is 5.41 Å². The summed E-state index contributed by atoms with van der Waals surface area (Å²) in [6.45, 7) is 1.37. The summed E-state index contributed by atoms with van der Waals surface area (Å²) in [6, 6.07) is 26.3. The quantitative estimate of drug-likeness (QED) is 0.411. The molecule has 6 rings (SSSR count). The van der Waals surface area contributed by atoms with Crippen LogP contribution >= 0.6 is 11.3 Å². The maximum Gasteiger partial charge on any atom is 0.320 e. The van der Waals surface area contributed by atoms with Gasteiger partial charge in [-0.15, -0.1) is 11.3 Å². The van der Waals surface area contributed by atoms with E-state index in [9.17, 15) is 5.02 Å². The van der Waals surface area contributed by atoms with Crippen molar-refractivity contribution in [2.75, 3.05) is 0 Å². The number of fused-ring (bicyclic) bond motifs is 10. The Morgan fingerprint density at radius 1 is 0.741 bits per heavy atom. The van der Waals surface area contributed by atoms with Crippen molar-refractivity contribution in [1.29, 1.82) is 0 Å². The van der Waals surface area contributed by atoms with Gasteiger partial charge in [-0.25, -0.2) is 0 Å². The van der Waals surface area contributed by atoms with Crippen LogP contribution in [0.5, 0.6) is 0 Å². The van der Waals surface area contributed by atoms with Crippen LogP contribution in [0, 0.1) is 0 Å². The van der Waals surface area contributed by atoms with E-state index in [2.05, 4.69) is 78.2 Å². The fraction of sp³-hybridized carbons (Fsp3) is 0.0833. The van der Waals surface area contributed by atoms with Gasteiger partial charge in [0.1, 0.15) is 0 Å². The minimum absolute atomic E-state index is 0.267. The molecule has 1 spiro atoms. The molecule has 1 heterocycles. The number of thiophene rings is 1. The van der Waals surface area contributed by atoms with Crippen LogP contribution in [0.1, 0.15) is 21.6 Å². The molecular weight excluding hydrogens is 347 g/mol. The Kier molecular flexibility index (Phi) is 2.99. The summed E-state index contributed by atoms with van der Waals surface area (Å²) in [6.07, 6.45) is 0. The van der Waals surface area contributed by atoms with Crippen LogP contribution in [0.25, 0.3) is 22.3 Å². The molecule has 1 unspecified atom stereocenters. The molecule has 128 valence electrons. The van der Waals surface area contributed by atoms with Gasteiger partial charge in [0.15, 0.2) is 0 Å². The lowest BCUT2D eigenvalue weighted by Crippen LogP contribution is -2.30. The number of benzene rings is 3. The molecule has 0 aliphatic heterocycles. The second-order valence-corrected chi connectivity index (χ2v) is 8.40. The Morgan fingerprint density at radius 2 is 1.37 bits per heavy atom. The zero-order valence-corrected chi connectivity index (χ0v) is 15.8. The summed E-state index contributed by atoms with van der Waals surface area (Å²) in [4.78, 5) is 1.40. The standard InChI is InChI=1S/C24H17BOS/c1-25(26)15-10-11-18-16-6-2-4-8-20(16)24(22(18)14-15)21-9-5-3-7-17(21)19-12-13-27-23(19)24/h2-14,26H,1H3. The van der Waals surface area contributed by atoms with Gasteiger partial charge in [0.2, 0.25) is 0 Å². The van der Waals surface area contributed by atoms with Crippen LogP contribution in [0.2, 0.25) is 6.82 Å². The highest BCUT2D eigenvalue weighted by Crippen LogP contribution is 2.63. The number of hydrogen-bond acceptors (Lipinski definition) is 2. The van der Waals surface area contributed by atoms with Crippen molar-refractivity contribution in [2.24, 2.45) is 0 Å². The normalized spacial score (nSPS) is 18.1. The Bertz CT molecular complexity index is 1220. The molecule has 27 heavy (non-hydrogen) atoms. The number of hydrogen-bond donors (Lipinski definition) is 1. The third-order valence-corrected chi connectivity index (χ3v) is 7.21. The van der Waals surface area contributed by atoms with Gasteiger partial charge in [0.05, 0.1) is 5.41 Å². The van der Waals surface area contributed by atoms with E-state index in [1.54, 1.807) is 0 Å². The van der Waals surface area contributed by atoms with Crippen LogP contribution in [0.3, 0.4) is 0 Å². The Hall–Kier alpha value is -2.62. The van der Waals surface area contributed by atoms with Gasteiger partial charge >= 0.3 is 6.92 Å². The first-order chi connectivity index (χ1) is 13.2. The van der Waals surface area contributed by atoms with E-state index < -0.39 is 6.92 Å². The summed E-state index contributed by atoms with van der Waals surface area (Å²) >= 11 is 1.84. The molecule has 0 bridgehead atoms. The molecular formula is C24H17BOS. The van der Waals surface area contributed by atoms with Gasteiger partial charge in [-0.1, -0.05) is 73.6 Å². The molecule has 4 aromatic rings. The fourth-order valence-corrected chi connectivity index (χ4v) is 6.22. The smallest absolute Gasteiger partial charge is 0.320 e. The molecule has 0 saturated carbocycles. The first-order valence-corrected chi connectivity index (χ1v) is 10.2. The zero-order chi connectivity index (χ0) is 18.2. The van der Waals surface area contributed by atoms with Crippen LogP contribution in [0.4, 0.5) is 0 Å². The third kappa shape index (κ3) is 1.74. The molecule has 1 aromatic heterocycles. The second kappa shape index (κ2) is 5.22. The first-order valence-electron chi connectivity index (χ1n) is 9.33. The van der Waals surface area contributed by atoms with E-state index >= 15 is 0 Å². The van der Waals surface area contributed by atoms with Crippen molar-refractivity contribution in [3.63, 3.8) is 0 Å². The highest BCUT2D eigenvalue weighted by Gasteiger charge is 2.52. The molecule has 1 atom stereocenters. The molecule has 1 nitrogen and oxygen atoms in total. The van der Waals surface area contributed by atoms with Gasteiger partial charge < -0.3 is 5.02 Å². The minimum atomic E-state index is -0.476. The van der Waals surface area contributed by atoms with E-state index in [4.69, 9.17) is 0 Å². The molecule has 0 amide bonds. The maximum atomic E-state index is 10.3. The van der Waals surface area contributed by atoms with Crippen molar-refractivity contribution < 1.29 is 5.02 Å². The fourth-order valence-electron chi connectivity index (χ4n) is 5.07. The Morgan fingerprint density at radius 3 is 2.07 bits per heavy atom. The van der Waals surface area contributed by atoms with Crippen LogP contribution < -0.4 is 5.46 Å². The van der Waals surface area contributed by atoms with E-state index in [0.29, 0.717) is 0 Å². The van der Waals surface area contributed by atoms with Crippen molar-refractivity contribution in [3.05, 3.63) is 99.7 Å². The van der Waals surface area contributed by atoms with E-state index in [1.165, 1.54) is 43.8 Å². The summed E-state index contributed by atoms with van der Waals surface area (Å²) < 4.78 is 0. The van der Waals surface area contributed by atoms with Gasteiger partial charge in [0, 0.05) is 4.88 Å². The zero-order valence-electron chi connectivity index (χ0n) is 14.9. The molecule has 2 aliphatic carbocycles. The summed E-state index contributed by atoms with van der Waals surface area (Å²) in [7, 11) is 0. The molecule has 3 aromatic carbocycles. The SMILES string of the molecule is CB(O)c1ccc2c(c1)C1(c3ccccc3-2)c2ccccc2-c2ccsc21. The summed E-state index contributed by atoms with van der Waals surface area (Å²) in [5.41, 5.74) is 10.00. The predicted octanol–water partition coefficient (Wildman–Crippen LogP) is 4.91. The van der Waals surface area contributed by atoms with E-state index in [0.717, 1.165) is 5.46 Å². The third-order valence-electron chi connectivity index (χ3n) is 6.18. The van der Waals surface area contributed by atoms with Gasteiger partial charge in [0.25, 0.3) is 0 Å². The highest BCUT2D eigenvalue weighted by atomic mass is 32.1. The van der Waals surface area contributed by atoms with Gasteiger partial charge in [-0.2, -0.15) is 0 Å². The molecule has 1 N–H and O–H groups in total. The van der Waals surface area contributed by atoms with Gasteiger partial charge in [-0.3, -0.25) is 0 Å². The molecule has 0 saturated heterocycles.